The molecule has 0 amide bonds. The number of carbonyl (C=O) groups is 1. The molecule has 7 nitrogen and oxygen atoms in total. The molecular weight excluding hydrogens is 436 g/mol. The van der Waals surface area contributed by atoms with Crippen molar-refractivity contribution < 1.29 is 31.8 Å². The van der Waals surface area contributed by atoms with Crippen LogP contribution in [-0.2, 0) is 22.8 Å². The van der Waals surface area contributed by atoms with Gasteiger partial charge in [-0.25, -0.2) is 18.5 Å². The van der Waals surface area contributed by atoms with Gasteiger partial charge in [0.1, 0.15) is 23.9 Å². The van der Waals surface area contributed by atoms with Gasteiger partial charge in [-0.2, -0.15) is 13.2 Å². The monoisotopic (exact) mass is 450 g/mol. The lowest BCUT2D eigenvalue weighted by atomic mass is 10.2. The minimum absolute atomic E-state index is 0.0913. The molecule has 0 bridgehead atoms. The molecule has 0 fully saturated rings. The highest BCUT2D eigenvalue weighted by Gasteiger charge is 2.35. The molecule has 2 aromatic rings. The first kappa shape index (κ1) is 23.2. The zero-order valence-electron chi connectivity index (χ0n) is 15.6. The van der Waals surface area contributed by atoms with Crippen LogP contribution in [0.3, 0.4) is 0 Å². The minimum Gasteiger partial charge on any atom is -0.477 e. The summed E-state index contributed by atoms with van der Waals surface area (Å²) in [6, 6.07) is 1.67. The highest BCUT2D eigenvalue weighted by molar-refractivity contribution is 6.32. The number of halogens is 5. The minimum atomic E-state index is -4.97. The van der Waals surface area contributed by atoms with Crippen molar-refractivity contribution in [2.75, 3.05) is 6.61 Å². The third-order valence-corrected chi connectivity index (χ3v) is 4.13. The van der Waals surface area contributed by atoms with Gasteiger partial charge in [0.15, 0.2) is 6.10 Å². The first-order chi connectivity index (χ1) is 13.9. The lowest BCUT2D eigenvalue weighted by Crippen LogP contribution is -2.41. The van der Waals surface area contributed by atoms with Crippen molar-refractivity contribution in [3.63, 3.8) is 0 Å². The number of benzene rings is 1. The van der Waals surface area contributed by atoms with E-state index >= 15 is 0 Å². The van der Waals surface area contributed by atoms with E-state index < -0.39 is 46.7 Å². The maximum Gasteiger partial charge on any atom is 0.431 e. The van der Waals surface area contributed by atoms with Crippen LogP contribution in [0.1, 0.15) is 12.6 Å². The van der Waals surface area contributed by atoms with E-state index in [4.69, 9.17) is 21.1 Å². The number of esters is 1. The Hall–Kier alpha value is -3.08. The van der Waals surface area contributed by atoms with Gasteiger partial charge in [0.05, 0.1) is 10.7 Å². The fourth-order valence-corrected chi connectivity index (χ4v) is 2.59. The van der Waals surface area contributed by atoms with E-state index in [-0.39, 0.29) is 32.6 Å². The summed E-state index contributed by atoms with van der Waals surface area (Å²) < 4.78 is 63.8. The van der Waals surface area contributed by atoms with E-state index in [1.807, 2.05) is 0 Å². The van der Waals surface area contributed by atoms with Crippen LogP contribution in [0, 0.1) is 5.82 Å². The Morgan fingerprint density at radius 1 is 1.30 bits per heavy atom. The van der Waals surface area contributed by atoms with Crippen LogP contribution < -0.4 is 16.0 Å². The second-order valence-corrected chi connectivity index (χ2v) is 6.36. The number of rotatable bonds is 6. The predicted molar refractivity (Wildman–Crippen MR) is 98.5 cm³/mol. The molecule has 1 atom stereocenters. The normalized spacial score (nSPS) is 12.4. The summed E-state index contributed by atoms with van der Waals surface area (Å²) in [5.74, 6) is -2.28. The predicted octanol–water partition coefficient (Wildman–Crippen LogP) is 2.84. The second-order valence-electron chi connectivity index (χ2n) is 5.96. The number of alkyl halides is 3. The van der Waals surface area contributed by atoms with Gasteiger partial charge in [-0.15, -0.1) is 0 Å². The average molecular weight is 451 g/mol. The van der Waals surface area contributed by atoms with Crippen LogP contribution in [0.25, 0.3) is 5.69 Å². The van der Waals surface area contributed by atoms with Gasteiger partial charge in [0.2, 0.25) is 0 Å². The molecule has 0 spiro atoms. The summed E-state index contributed by atoms with van der Waals surface area (Å²) in [5.41, 5.74) is -5.07. The van der Waals surface area contributed by atoms with Gasteiger partial charge in [-0.1, -0.05) is 24.3 Å². The molecule has 0 N–H and O–H groups in total. The fraction of sp³-hybridized carbons (Fsp3) is 0.278. The molecule has 0 saturated heterocycles. The van der Waals surface area contributed by atoms with Crippen LogP contribution in [0.5, 0.6) is 5.75 Å². The van der Waals surface area contributed by atoms with Gasteiger partial charge in [-0.3, -0.25) is 9.36 Å². The second kappa shape index (κ2) is 8.74. The number of nitrogens with zero attached hydrogens (tertiary/aromatic N) is 2. The van der Waals surface area contributed by atoms with Crippen molar-refractivity contribution in [2.45, 2.75) is 19.2 Å². The van der Waals surface area contributed by atoms with Gasteiger partial charge < -0.3 is 9.47 Å². The molecule has 30 heavy (non-hydrogen) atoms. The van der Waals surface area contributed by atoms with Crippen molar-refractivity contribution >= 4 is 17.6 Å². The van der Waals surface area contributed by atoms with Gasteiger partial charge >= 0.3 is 17.8 Å². The molecule has 1 unspecified atom stereocenters. The van der Waals surface area contributed by atoms with E-state index in [2.05, 4.69) is 6.58 Å². The summed E-state index contributed by atoms with van der Waals surface area (Å²) >= 11 is 5.89. The van der Waals surface area contributed by atoms with E-state index in [0.29, 0.717) is 6.07 Å². The molecule has 12 heteroatoms. The highest BCUT2D eigenvalue weighted by Crippen LogP contribution is 2.31. The summed E-state index contributed by atoms with van der Waals surface area (Å²) in [5, 5.41) is -0.309. The zero-order valence-corrected chi connectivity index (χ0v) is 16.4. The highest BCUT2D eigenvalue weighted by atomic mass is 35.5. The Morgan fingerprint density at radius 3 is 2.50 bits per heavy atom. The maximum atomic E-state index is 14.4. The first-order valence-electron chi connectivity index (χ1n) is 8.22. The van der Waals surface area contributed by atoms with E-state index in [1.54, 1.807) is 0 Å². The number of hydrogen-bond donors (Lipinski definition) is 0. The van der Waals surface area contributed by atoms with Gasteiger partial charge in [0.25, 0.3) is 5.56 Å². The molecule has 1 aromatic heterocycles. The number of carbonyl (C=O) groups excluding carboxylic acids is 1. The third-order valence-electron chi connectivity index (χ3n) is 3.83. The quantitative estimate of drug-likeness (QED) is 0.384. The average Bonchev–Trinajstić information content (AvgIpc) is 2.65. The van der Waals surface area contributed by atoms with Crippen molar-refractivity contribution in [3.8, 4) is 11.4 Å². The van der Waals surface area contributed by atoms with Crippen LogP contribution in [-0.4, -0.2) is 27.8 Å². The molecule has 2 rings (SSSR count). The molecule has 0 aliphatic rings. The van der Waals surface area contributed by atoms with Gasteiger partial charge in [-0.05, 0) is 13.0 Å². The molecular formula is C18H15ClF4N2O5. The van der Waals surface area contributed by atoms with E-state index in [1.165, 1.54) is 13.0 Å². The SMILES string of the molecule is C=CCOC(=O)C(C)Oc1cc(-n2c(=O)cc(C(F)(F)F)n(C)c2=O)c(F)cc1Cl. The molecule has 0 aliphatic heterocycles. The number of aromatic nitrogens is 2. The zero-order chi connectivity index (χ0) is 22.8. The summed E-state index contributed by atoms with van der Waals surface area (Å²) in [6.45, 7) is 4.58. The van der Waals surface area contributed by atoms with Crippen LogP contribution in [0.15, 0.2) is 40.4 Å². The molecule has 0 radical (unpaired) electrons. The van der Waals surface area contributed by atoms with Crippen molar-refractivity contribution in [1.82, 2.24) is 9.13 Å². The summed E-state index contributed by atoms with van der Waals surface area (Å²) in [7, 11) is 0.782. The van der Waals surface area contributed by atoms with Gasteiger partial charge in [0, 0.05) is 19.2 Å². The standard InChI is InChI=1S/C18H15ClF4N2O5/c1-4-5-29-16(27)9(2)30-13-7-12(11(20)6-10(13)19)25-15(26)8-14(18(21,22)23)24(3)17(25)28/h4,6-9H,1,5H2,2-3H3. The summed E-state index contributed by atoms with van der Waals surface area (Å²) in [4.78, 5) is 36.3. The Labute approximate surface area is 171 Å². The molecule has 1 aromatic carbocycles. The Kier molecular flexibility index (Phi) is 6.76. The van der Waals surface area contributed by atoms with E-state index in [0.717, 1.165) is 13.1 Å². The molecule has 0 saturated carbocycles. The van der Waals surface area contributed by atoms with Crippen LogP contribution in [0.4, 0.5) is 17.6 Å². The maximum absolute atomic E-state index is 14.4. The lowest BCUT2D eigenvalue weighted by molar-refractivity contribution is -0.149. The lowest BCUT2D eigenvalue weighted by Gasteiger charge is -2.17. The van der Waals surface area contributed by atoms with Crippen molar-refractivity contribution in [2.24, 2.45) is 7.05 Å². The largest absolute Gasteiger partial charge is 0.477 e. The topological polar surface area (TPSA) is 79.5 Å². The Balaban J connectivity index is 2.57. The Bertz CT molecular complexity index is 1110. The smallest absolute Gasteiger partial charge is 0.431 e. The van der Waals surface area contributed by atoms with Crippen molar-refractivity contribution in [1.29, 1.82) is 0 Å². The van der Waals surface area contributed by atoms with Crippen LogP contribution in [0.2, 0.25) is 5.02 Å². The van der Waals surface area contributed by atoms with Crippen LogP contribution >= 0.6 is 11.6 Å². The summed E-state index contributed by atoms with van der Waals surface area (Å²) in [6.07, 6.45) is -4.87. The van der Waals surface area contributed by atoms with E-state index in [9.17, 15) is 31.9 Å². The van der Waals surface area contributed by atoms with Crippen molar-refractivity contribution in [3.05, 3.63) is 68.2 Å². The fourth-order valence-electron chi connectivity index (χ4n) is 2.40. The molecule has 1 heterocycles. The molecule has 162 valence electrons. The number of hydrogen-bond acceptors (Lipinski definition) is 5. The number of ether oxygens (including phenoxy) is 2. The molecule has 0 aliphatic carbocycles. The first-order valence-corrected chi connectivity index (χ1v) is 8.60. The Morgan fingerprint density at radius 2 is 1.93 bits per heavy atom. The third kappa shape index (κ3) is 4.73.